The largest absolute Gasteiger partial charge is 0.512 e. The summed E-state index contributed by atoms with van der Waals surface area (Å²) >= 11 is 2.01. The van der Waals surface area contributed by atoms with Gasteiger partial charge in [-0.25, -0.2) is 0 Å². The molecule has 0 unspecified atom stereocenters. The van der Waals surface area contributed by atoms with Crippen LogP contribution in [0, 0.1) is 60.8 Å². The van der Waals surface area contributed by atoms with Gasteiger partial charge in [-0.2, -0.15) is 0 Å². The van der Waals surface area contributed by atoms with E-state index in [9.17, 15) is 9.90 Å². The third kappa shape index (κ3) is 9.88. The second-order valence-corrected chi connectivity index (χ2v) is 18.8. The number of rotatable bonds is 9. The number of aliphatic hydroxyl groups excluding tert-OH is 1. The summed E-state index contributed by atoms with van der Waals surface area (Å²) in [5, 5.41) is 16.8. The van der Waals surface area contributed by atoms with Gasteiger partial charge in [-0.15, -0.1) is 46.2 Å². The van der Waals surface area contributed by atoms with Gasteiger partial charge in [0.15, 0.2) is 5.78 Å². The number of ketones is 1. The molecule has 0 atom stereocenters. The van der Waals surface area contributed by atoms with Crippen molar-refractivity contribution in [1.29, 1.82) is 0 Å². The molecule has 0 spiro atoms. The average molecular weight is 909 g/mol. The Morgan fingerprint density at radius 3 is 1.92 bits per heavy atom. The number of aryl methyl sites for hydroxylation is 2. The normalized spacial score (nSPS) is 15.3. The van der Waals surface area contributed by atoms with E-state index < -0.39 is 0 Å². The molecule has 53 heavy (non-hydrogen) atoms. The number of aromatic nitrogens is 1. The predicted octanol–water partition coefficient (Wildman–Crippen LogP) is 14.2. The molecular formula is C48H62IrNO2S-. The molecule has 2 heterocycles. The van der Waals surface area contributed by atoms with Crippen LogP contribution in [0.25, 0.3) is 42.9 Å². The summed E-state index contributed by atoms with van der Waals surface area (Å²) in [5.74, 6) is 2.35. The monoisotopic (exact) mass is 909 g/mol. The zero-order valence-corrected chi connectivity index (χ0v) is 37.4. The number of fused-ring (bicyclic) bond motifs is 5. The van der Waals surface area contributed by atoms with E-state index in [0.717, 1.165) is 22.7 Å². The van der Waals surface area contributed by atoms with Gasteiger partial charge in [-0.05, 0) is 106 Å². The van der Waals surface area contributed by atoms with Gasteiger partial charge in [-0.1, -0.05) is 101 Å². The Bertz CT molecular complexity index is 2020. The van der Waals surface area contributed by atoms with Gasteiger partial charge in [-0.3, -0.25) is 4.79 Å². The molecule has 1 N–H and O–H groups in total. The van der Waals surface area contributed by atoms with Crippen molar-refractivity contribution in [3.8, 4) is 11.3 Å². The zero-order chi connectivity index (χ0) is 38.1. The van der Waals surface area contributed by atoms with Crippen molar-refractivity contribution in [2.45, 2.75) is 115 Å². The van der Waals surface area contributed by atoms with E-state index in [1.807, 2.05) is 17.5 Å². The third-order valence-corrected chi connectivity index (χ3v) is 12.7. The molecule has 6 rings (SSSR count). The van der Waals surface area contributed by atoms with E-state index in [4.69, 9.17) is 4.98 Å². The van der Waals surface area contributed by atoms with Crippen LogP contribution in [0.2, 0.25) is 0 Å². The van der Waals surface area contributed by atoms with Crippen LogP contribution in [0.5, 0.6) is 0 Å². The smallest absolute Gasteiger partial charge is 0.162 e. The van der Waals surface area contributed by atoms with Crippen molar-refractivity contribution in [2.24, 2.45) is 40.9 Å². The van der Waals surface area contributed by atoms with Crippen molar-refractivity contribution >= 4 is 48.8 Å². The van der Waals surface area contributed by atoms with E-state index in [-0.39, 0.29) is 43.5 Å². The van der Waals surface area contributed by atoms with Crippen LogP contribution in [-0.4, -0.2) is 15.9 Å². The first kappa shape index (κ1) is 42.9. The van der Waals surface area contributed by atoms with Gasteiger partial charge < -0.3 is 10.1 Å². The van der Waals surface area contributed by atoms with Crippen LogP contribution < -0.4 is 0 Å². The molecule has 3 aromatic carbocycles. The van der Waals surface area contributed by atoms with E-state index in [1.165, 1.54) is 69.0 Å². The number of hydrogen-bond donors (Lipinski definition) is 1. The molecule has 0 amide bonds. The van der Waals surface area contributed by atoms with Gasteiger partial charge >= 0.3 is 0 Å². The van der Waals surface area contributed by atoms with Crippen molar-refractivity contribution in [1.82, 2.24) is 4.98 Å². The first-order chi connectivity index (χ1) is 24.5. The Morgan fingerprint density at radius 2 is 1.34 bits per heavy atom. The number of allylic oxidation sites excluding steroid dienone is 2. The van der Waals surface area contributed by atoms with Crippen LogP contribution in [0.4, 0.5) is 0 Å². The molecule has 5 heteroatoms. The van der Waals surface area contributed by atoms with Gasteiger partial charge in [0.1, 0.15) is 0 Å². The van der Waals surface area contributed by atoms with E-state index >= 15 is 0 Å². The standard InChI is InChI=1S/C31H30NS.C17H32O2.Ir/c1-19-15-20(2)17-22(16-19)30-26-6-5-24-23(25(26)11-14-32-30)7-8-28-27(24)18-29(33-28)21-9-12-31(3,4)13-10-21;1-10(2)16(11(3)4)14(18)9-15(19)17(12(5)6)13(7)8;/h5-8,11,14-16,18,21H,9-10,12-13H2,1-4H3;9-13,16-18H,1-8H3;/q-1;;/b;14-9-;. The van der Waals surface area contributed by atoms with Crippen LogP contribution in [0.1, 0.15) is 117 Å². The number of carbonyl (C=O) groups excluding carboxylic acids is 1. The number of nitrogens with zero attached hydrogens (tertiary/aromatic N) is 1. The predicted molar refractivity (Wildman–Crippen MR) is 225 cm³/mol. The van der Waals surface area contributed by atoms with Crippen molar-refractivity contribution in [3.05, 3.63) is 88.6 Å². The van der Waals surface area contributed by atoms with Crippen LogP contribution >= 0.6 is 11.3 Å². The molecule has 0 aliphatic heterocycles. The van der Waals surface area contributed by atoms with Crippen LogP contribution in [-0.2, 0) is 24.9 Å². The Labute approximate surface area is 337 Å². The second kappa shape index (κ2) is 17.7. The number of pyridine rings is 1. The number of benzene rings is 3. The maximum atomic E-state index is 12.3. The molecule has 0 bridgehead atoms. The maximum absolute atomic E-state index is 12.3. The summed E-state index contributed by atoms with van der Waals surface area (Å²) in [6, 6.07) is 21.8. The Balaban J connectivity index is 0.000000272. The van der Waals surface area contributed by atoms with Crippen LogP contribution in [0.15, 0.2) is 66.6 Å². The van der Waals surface area contributed by atoms with E-state index in [1.54, 1.807) is 4.88 Å². The first-order valence-corrected chi connectivity index (χ1v) is 20.5. The third-order valence-electron chi connectivity index (χ3n) is 11.4. The Kier molecular flexibility index (Phi) is 14.4. The topological polar surface area (TPSA) is 50.2 Å². The minimum Gasteiger partial charge on any atom is -0.512 e. The molecule has 1 saturated carbocycles. The van der Waals surface area contributed by atoms with Crippen molar-refractivity contribution < 1.29 is 30.0 Å². The van der Waals surface area contributed by atoms with Gasteiger partial charge in [0.2, 0.25) is 0 Å². The maximum Gasteiger partial charge on any atom is 0.162 e. The summed E-state index contributed by atoms with van der Waals surface area (Å²) < 4.78 is 1.42. The van der Waals surface area contributed by atoms with Crippen molar-refractivity contribution in [2.75, 3.05) is 0 Å². The molecular weight excluding hydrogens is 847 g/mol. The molecule has 5 aromatic rings. The Morgan fingerprint density at radius 1 is 0.792 bits per heavy atom. The molecule has 287 valence electrons. The van der Waals surface area contributed by atoms with E-state index in [0.29, 0.717) is 29.1 Å². The SMILES string of the molecule is CC(C)C(C(=O)/C=C(\O)C(C(C)C)C(C)C)C(C)C.Cc1[c-]c(-c2nccc3c2ccc2c4cc(C5CCC(C)(C)CC5)sc4ccc32)cc(C)c1.[Ir]. The molecule has 1 radical (unpaired) electrons. The minimum absolute atomic E-state index is 0. The molecule has 1 fully saturated rings. The Hall–Kier alpha value is -2.85. The first-order valence-electron chi connectivity index (χ1n) is 19.7. The molecule has 1 aliphatic rings. The molecule has 1 aliphatic carbocycles. The molecule has 2 aromatic heterocycles. The summed E-state index contributed by atoms with van der Waals surface area (Å²) in [6.07, 6.45) is 8.75. The minimum atomic E-state index is -0.0119. The van der Waals surface area contributed by atoms with Gasteiger partial charge in [0.05, 0.1) is 5.76 Å². The summed E-state index contributed by atoms with van der Waals surface area (Å²) in [7, 11) is 0. The average Bonchev–Trinajstić information content (AvgIpc) is 3.48. The second-order valence-electron chi connectivity index (χ2n) is 17.7. The van der Waals surface area contributed by atoms with Gasteiger partial charge in [0.25, 0.3) is 0 Å². The number of aliphatic hydroxyl groups is 1. The number of thiophene rings is 1. The van der Waals surface area contributed by atoms with E-state index in [2.05, 4.69) is 138 Å². The summed E-state index contributed by atoms with van der Waals surface area (Å²) in [4.78, 5) is 18.7. The zero-order valence-electron chi connectivity index (χ0n) is 34.2. The molecule has 0 saturated heterocycles. The fraction of sp³-hybridized carbons (Fsp3) is 0.500. The van der Waals surface area contributed by atoms with Crippen LogP contribution in [0.3, 0.4) is 0 Å². The quantitative estimate of drug-likeness (QED) is 0.0694. The summed E-state index contributed by atoms with van der Waals surface area (Å²) in [6.45, 7) is 25.7. The number of carbonyl (C=O) groups is 1. The fourth-order valence-electron chi connectivity index (χ4n) is 8.95. The molecule has 3 nitrogen and oxygen atoms in total. The van der Waals surface area contributed by atoms with Gasteiger partial charge in [0, 0.05) is 59.2 Å². The fourth-order valence-corrected chi connectivity index (χ4v) is 10.2. The number of hydrogen-bond acceptors (Lipinski definition) is 4. The summed E-state index contributed by atoms with van der Waals surface area (Å²) in [5.41, 5.74) is 5.02. The van der Waals surface area contributed by atoms with Crippen molar-refractivity contribution in [3.63, 3.8) is 0 Å².